The minimum Gasteiger partial charge on any atom is -0.346 e. The van der Waals surface area contributed by atoms with Gasteiger partial charge in [0.25, 0.3) is 0 Å². The van der Waals surface area contributed by atoms with Crippen molar-refractivity contribution < 1.29 is 0 Å². The number of thiophene rings is 1. The Morgan fingerprint density at radius 3 is 2.25 bits per heavy atom. The van der Waals surface area contributed by atoms with Crippen LogP contribution in [0.15, 0.2) is 175 Å². The van der Waals surface area contributed by atoms with E-state index in [0.717, 1.165) is 22.5 Å². The molecule has 0 bridgehead atoms. The van der Waals surface area contributed by atoms with Crippen LogP contribution in [-0.4, -0.2) is 22.6 Å². The second-order valence-electron chi connectivity index (χ2n) is 13.5. The van der Waals surface area contributed by atoms with E-state index in [0.29, 0.717) is 0 Å². The molecule has 0 radical (unpaired) electrons. The van der Waals surface area contributed by atoms with Crippen molar-refractivity contribution in [3.05, 3.63) is 187 Å². The monoisotopic (exact) mass is 672 g/mol. The third kappa shape index (κ3) is 4.28. The number of hydrogen-bond acceptors (Lipinski definition) is 4. The lowest BCUT2D eigenvalue weighted by atomic mass is 9.88. The number of nitrogens with one attached hydrogen (secondary N) is 1. The Morgan fingerprint density at radius 2 is 1.33 bits per heavy atom. The van der Waals surface area contributed by atoms with Crippen molar-refractivity contribution in [2.45, 2.75) is 18.2 Å². The van der Waals surface area contributed by atoms with Crippen molar-refractivity contribution >= 4 is 59.5 Å². The predicted octanol–water partition coefficient (Wildman–Crippen LogP) is 11.3. The van der Waals surface area contributed by atoms with Crippen molar-refractivity contribution in [3.8, 4) is 16.8 Å². The number of hydrogen-bond donors (Lipinski definition) is 1. The molecule has 1 aliphatic carbocycles. The predicted molar refractivity (Wildman–Crippen MR) is 215 cm³/mol. The highest BCUT2D eigenvalue weighted by Crippen LogP contribution is 2.51. The number of aromatic nitrogens is 1. The zero-order valence-electron chi connectivity index (χ0n) is 27.6. The molecule has 3 atom stereocenters. The van der Waals surface area contributed by atoms with E-state index in [9.17, 15) is 0 Å². The number of allylic oxidation sites excluding steroid dienone is 2. The van der Waals surface area contributed by atoms with Gasteiger partial charge in [0.15, 0.2) is 6.29 Å². The first kappa shape index (κ1) is 28.6. The molecule has 2 aromatic heterocycles. The summed E-state index contributed by atoms with van der Waals surface area (Å²) in [6.07, 6.45) is 8.86. The Balaban J connectivity index is 1.17. The first-order valence-corrected chi connectivity index (χ1v) is 18.4. The molecule has 11 rings (SSSR count). The van der Waals surface area contributed by atoms with Gasteiger partial charge in [-0.2, -0.15) is 0 Å². The van der Waals surface area contributed by atoms with Crippen LogP contribution in [0.5, 0.6) is 0 Å². The van der Waals surface area contributed by atoms with E-state index in [1.165, 1.54) is 59.3 Å². The molecule has 0 fully saturated rings. The summed E-state index contributed by atoms with van der Waals surface area (Å²) in [6, 6.07) is 52.8. The summed E-state index contributed by atoms with van der Waals surface area (Å²) in [5.74, 6) is 0.0530. The summed E-state index contributed by atoms with van der Waals surface area (Å²) in [5, 5.41) is 7.77. The second-order valence-corrected chi connectivity index (χ2v) is 14.6. The van der Waals surface area contributed by atoms with Gasteiger partial charge in [0, 0.05) is 76.5 Å². The zero-order valence-corrected chi connectivity index (χ0v) is 28.5. The lowest BCUT2D eigenvalue weighted by Gasteiger charge is -2.42. The summed E-state index contributed by atoms with van der Waals surface area (Å²) in [7, 11) is 0. The highest BCUT2D eigenvalue weighted by Gasteiger charge is 2.41. The highest BCUT2D eigenvalue weighted by molar-refractivity contribution is 7.25. The van der Waals surface area contributed by atoms with Crippen LogP contribution in [0, 0.1) is 0 Å². The van der Waals surface area contributed by atoms with Crippen molar-refractivity contribution in [1.29, 1.82) is 0 Å². The van der Waals surface area contributed by atoms with E-state index in [-0.39, 0.29) is 18.2 Å². The SMILES string of the molecule is C1=CC2c3c(c4ccccc4n3-c3ccc4c(c3)sc3ccccc34)-c3ccccc3N(C3N=C(c4ccccc4)c4ccccc4N3)C2C=C1. The fourth-order valence-electron chi connectivity index (χ4n) is 8.61. The average Bonchev–Trinajstić information content (AvgIpc) is 3.70. The topological polar surface area (TPSA) is 32.6 Å². The lowest BCUT2D eigenvalue weighted by molar-refractivity contribution is 0.560. The van der Waals surface area contributed by atoms with E-state index in [4.69, 9.17) is 4.99 Å². The maximum absolute atomic E-state index is 5.56. The zero-order chi connectivity index (χ0) is 33.5. The number of benzene rings is 6. The fourth-order valence-corrected chi connectivity index (χ4v) is 9.75. The van der Waals surface area contributed by atoms with E-state index in [1.54, 1.807) is 0 Å². The van der Waals surface area contributed by atoms with Crippen LogP contribution < -0.4 is 10.2 Å². The molecule has 0 saturated carbocycles. The van der Waals surface area contributed by atoms with Crippen LogP contribution in [0.25, 0.3) is 47.9 Å². The average molecular weight is 673 g/mol. The number of anilines is 2. The quantitative estimate of drug-likeness (QED) is 0.203. The standard InChI is InChI=1S/C46H32N4S/c1-2-14-29(15-3-1)44-33-17-4-9-21-37(33)47-46(48-44)50-39-23-11-6-19-35(39)43-34-18-5-10-22-38(34)49(45(43)36-20-7-12-24-40(36)50)30-26-27-32-31-16-8-13-25-41(31)51-42(32)28-30/h1-28,36,40,46-47H. The van der Waals surface area contributed by atoms with Gasteiger partial charge in [0.1, 0.15) is 0 Å². The van der Waals surface area contributed by atoms with Gasteiger partial charge in [-0.3, -0.25) is 0 Å². The number of rotatable bonds is 3. The molecule has 0 saturated heterocycles. The van der Waals surface area contributed by atoms with Crippen LogP contribution >= 0.6 is 11.3 Å². The Bertz CT molecular complexity index is 2770. The van der Waals surface area contributed by atoms with E-state index in [2.05, 4.69) is 185 Å². The molecule has 4 heterocycles. The third-order valence-electron chi connectivity index (χ3n) is 10.8. The summed E-state index contributed by atoms with van der Waals surface area (Å²) < 4.78 is 5.17. The lowest BCUT2D eigenvalue weighted by Crippen LogP contribution is -2.50. The van der Waals surface area contributed by atoms with Crippen LogP contribution in [0.2, 0.25) is 0 Å². The fraction of sp³-hybridized carbons (Fsp3) is 0.0652. The molecule has 5 heteroatoms. The molecular formula is C46H32N4S. The molecule has 4 nitrogen and oxygen atoms in total. The normalized spacial score (nSPS) is 18.9. The molecule has 2 aliphatic heterocycles. The molecule has 3 aliphatic rings. The minimum absolute atomic E-state index is 0.00273. The first-order chi connectivity index (χ1) is 25.3. The van der Waals surface area contributed by atoms with Gasteiger partial charge >= 0.3 is 0 Å². The van der Waals surface area contributed by atoms with Crippen LogP contribution in [0.3, 0.4) is 0 Å². The van der Waals surface area contributed by atoms with E-state index < -0.39 is 0 Å². The van der Waals surface area contributed by atoms with Crippen LogP contribution in [0.4, 0.5) is 11.4 Å². The van der Waals surface area contributed by atoms with Crippen molar-refractivity contribution in [2.75, 3.05) is 10.2 Å². The Labute approximate surface area is 299 Å². The molecule has 3 unspecified atom stereocenters. The number of nitrogens with zero attached hydrogens (tertiary/aromatic N) is 3. The van der Waals surface area contributed by atoms with Gasteiger partial charge in [-0.25, -0.2) is 4.99 Å². The van der Waals surface area contributed by atoms with Gasteiger partial charge in [-0.05, 0) is 36.4 Å². The molecule has 51 heavy (non-hydrogen) atoms. The highest BCUT2D eigenvalue weighted by atomic mass is 32.1. The summed E-state index contributed by atoms with van der Waals surface area (Å²) in [4.78, 5) is 8.08. The number of aliphatic imine (C=N–C) groups is 1. The van der Waals surface area contributed by atoms with Gasteiger partial charge in [-0.15, -0.1) is 11.3 Å². The van der Waals surface area contributed by atoms with Crippen LogP contribution in [0.1, 0.15) is 22.7 Å². The van der Waals surface area contributed by atoms with Gasteiger partial charge < -0.3 is 14.8 Å². The van der Waals surface area contributed by atoms with E-state index >= 15 is 0 Å². The molecular weight excluding hydrogens is 641 g/mol. The molecule has 0 amide bonds. The van der Waals surface area contributed by atoms with Crippen molar-refractivity contribution in [3.63, 3.8) is 0 Å². The van der Waals surface area contributed by atoms with Gasteiger partial charge in [-0.1, -0.05) is 133 Å². The second kappa shape index (κ2) is 11.2. The smallest absolute Gasteiger partial charge is 0.197 e. The van der Waals surface area contributed by atoms with E-state index in [1.807, 2.05) is 11.3 Å². The summed E-state index contributed by atoms with van der Waals surface area (Å²) >= 11 is 1.87. The van der Waals surface area contributed by atoms with Gasteiger partial charge in [0.05, 0.1) is 17.3 Å². The summed E-state index contributed by atoms with van der Waals surface area (Å²) in [5.41, 5.74) is 11.7. The Morgan fingerprint density at radius 1 is 0.608 bits per heavy atom. The summed E-state index contributed by atoms with van der Waals surface area (Å²) in [6.45, 7) is 0. The van der Waals surface area contributed by atoms with Crippen molar-refractivity contribution in [2.24, 2.45) is 4.99 Å². The van der Waals surface area contributed by atoms with Gasteiger partial charge in [0.2, 0.25) is 0 Å². The maximum Gasteiger partial charge on any atom is 0.197 e. The van der Waals surface area contributed by atoms with Crippen LogP contribution in [-0.2, 0) is 0 Å². The largest absolute Gasteiger partial charge is 0.346 e. The molecule has 1 N–H and O–H groups in total. The molecule has 0 spiro atoms. The molecule has 8 aromatic rings. The third-order valence-corrected chi connectivity index (χ3v) is 11.9. The molecule has 6 aromatic carbocycles. The Hall–Kier alpha value is -6.17. The number of fused-ring (bicyclic) bond motifs is 11. The maximum atomic E-state index is 5.56. The molecule has 242 valence electrons. The minimum atomic E-state index is -0.335. The first-order valence-electron chi connectivity index (χ1n) is 17.6. The van der Waals surface area contributed by atoms with Crippen molar-refractivity contribution in [1.82, 2.24) is 4.57 Å². The Kier molecular flexibility index (Phi) is 6.28. The number of para-hydroxylation sites is 3.